The summed E-state index contributed by atoms with van der Waals surface area (Å²) >= 11 is 0. The van der Waals surface area contributed by atoms with Crippen LogP contribution in [0.25, 0.3) is 0 Å². The van der Waals surface area contributed by atoms with Gasteiger partial charge in [0.2, 0.25) is 0 Å². The molecule has 0 aliphatic carbocycles. The Labute approximate surface area is 153 Å². The SMILES string of the molecule is O=C(O)CCN(c1ccccc1C(=O)O)S(=O)(=O)c1cccc([N+](=O)[O-])c1. The first-order chi connectivity index (χ1) is 12.6. The minimum atomic E-state index is -4.46. The smallest absolute Gasteiger partial charge is 0.337 e. The van der Waals surface area contributed by atoms with Crippen LogP contribution in [0.15, 0.2) is 53.4 Å². The maximum absolute atomic E-state index is 13.0. The Morgan fingerprint density at radius 2 is 1.74 bits per heavy atom. The monoisotopic (exact) mass is 394 g/mol. The summed E-state index contributed by atoms with van der Waals surface area (Å²) in [6.45, 7) is -0.551. The van der Waals surface area contributed by atoms with Crippen LogP contribution in [-0.2, 0) is 14.8 Å². The van der Waals surface area contributed by atoms with Crippen LogP contribution >= 0.6 is 0 Å². The van der Waals surface area contributed by atoms with Gasteiger partial charge in [0, 0.05) is 18.7 Å². The van der Waals surface area contributed by atoms with Gasteiger partial charge in [0.15, 0.2) is 0 Å². The first-order valence-corrected chi connectivity index (χ1v) is 8.90. The van der Waals surface area contributed by atoms with E-state index in [1.54, 1.807) is 0 Å². The number of nitrogens with zero attached hydrogens (tertiary/aromatic N) is 2. The van der Waals surface area contributed by atoms with Crippen molar-refractivity contribution >= 4 is 33.3 Å². The average Bonchev–Trinajstić information content (AvgIpc) is 2.61. The number of rotatable bonds is 8. The highest BCUT2D eigenvalue weighted by Gasteiger charge is 2.29. The number of aliphatic carboxylic acids is 1. The van der Waals surface area contributed by atoms with Crippen LogP contribution in [0.1, 0.15) is 16.8 Å². The maximum atomic E-state index is 13.0. The Balaban J connectivity index is 2.63. The molecule has 0 spiro atoms. The van der Waals surface area contributed by atoms with Crippen molar-refractivity contribution in [3.05, 3.63) is 64.2 Å². The average molecular weight is 394 g/mol. The number of hydrogen-bond acceptors (Lipinski definition) is 6. The topological polar surface area (TPSA) is 155 Å². The van der Waals surface area contributed by atoms with E-state index in [0.29, 0.717) is 4.31 Å². The number of carboxylic acids is 2. The third-order valence-electron chi connectivity index (χ3n) is 3.55. The third-order valence-corrected chi connectivity index (χ3v) is 5.36. The Hall–Kier alpha value is -3.47. The number of hydrogen-bond donors (Lipinski definition) is 2. The summed E-state index contributed by atoms with van der Waals surface area (Å²) in [5.41, 5.74) is -1.06. The number of sulfonamides is 1. The molecule has 0 radical (unpaired) electrons. The van der Waals surface area contributed by atoms with Crippen LogP contribution in [0.4, 0.5) is 11.4 Å². The van der Waals surface area contributed by atoms with E-state index in [1.165, 1.54) is 30.3 Å². The number of non-ortho nitro benzene ring substituents is 1. The first-order valence-electron chi connectivity index (χ1n) is 7.46. The second-order valence-corrected chi connectivity index (χ2v) is 7.16. The summed E-state index contributed by atoms with van der Waals surface area (Å²) in [6.07, 6.45) is -0.595. The van der Waals surface area contributed by atoms with Crippen LogP contribution in [0.5, 0.6) is 0 Å². The fourth-order valence-corrected chi connectivity index (χ4v) is 3.85. The molecule has 27 heavy (non-hydrogen) atoms. The minimum Gasteiger partial charge on any atom is -0.481 e. The molecule has 0 aliphatic rings. The lowest BCUT2D eigenvalue weighted by atomic mass is 10.2. The van der Waals surface area contributed by atoms with Crippen LogP contribution in [0.2, 0.25) is 0 Å². The third kappa shape index (κ3) is 4.39. The van der Waals surface area contributed by atoms with Crippen molar-refractivity contribution in [3.63, 3.8) is 0 Å². The molecule has 0 saturated heterocycles. The van der Waals surface area contributed by atoms with Gasteiger partial charge in [0.25, 0.3) is 15.7 Å². The second-order valence-electron chi connectivity index (χ2n) is 5.30. The van der Waals surface area contributed by atoms with Gasteiger partial charge in [0.1, 0.15) is 0 Å². The number of para-hydroxylation sites is 1. The predicted molar refractivity (Wildman–Crippen MR) is 93.3 cm³/mol. The summed E-state index contributed by atoms with van der Waals surface area (Å²) in [7, 11) is -4.46. The van der Waals surface area contributed by atoms with Gasteiger partial charge < -0.3 is 10.2 Å². The number of aromatic carboxylic acids is 1. The molecule has 0 aromatic heterocycles. The molecule has 0 unspecified atom stereocenters. The van der Waals surface area contributed by atoms with Gasteiger partial charge in [-0.05, 0) is 18.2 Å². The molecule has 2 rings (SSSR count). The maximum Gasteiger partial charge on any atom is 0.337 e. The van der Waals surface area contributed by atoms with E-state index in [0.717, 1.165) is 18.2 Å². The van der Waals surface area contributed by atoms with Crippen LogP contribution in [0.3, 0.4) is 0 Å². The van der Waals surface area contributed by atoms with E-state index in [1.807, 2.05) is 0 Å². The normalized spacial score (nSPS) is 11.0. The lowest BCUT2D eigenvalue weighted by Crippen LogP contribution is -2.34. The molecule has 10 nitrogen and oxygen atoms in total. The van der Waals surface area contributed by atoms with E-state index in [2.05, 4.69) is 0 Å². The summed E-state index contributed by atoms with van der Waals surface area (Å²) in [5.74, 6) is -2.69. The molecule has 0 atom stereocenters. The Bertz CT molecular complexity index is 1000. The van der Waals surface area contributed by atoms with Crippen LogP contribution in [0, 0.1) is 10.1 Å². The molecule has 2 N–H and O–H groups in total. The lowest BCUT2D eigenvalue weighted by molar-refractivity contribution is -0.385. The highest BCUT2D eigenvalue weighted by molar-refractivity contribution is 7.92. The molecule has 2 aromatic rings. The Kier molecular flexibility index (Phi) is 5.75. The van der Waals surface area contributed by atoms with Gasteiger partial charge in [-0.25, -0.2) is 13.2 Å². The zero-order chi connectivity index (χ0) is 20.2. The van der Waals surface area contributed by atoms with Gasteiger partial charge in [0.05, 0.1) is 27.5 Å². The van der Waals surface area contributed by atoms with Crippen LogP contribution in [-0.4, -0.2) is 42.0 Å². The molecule has 0 fully saturated rings. The summed E-state index contributed by atoms with van der Waals surface area (Å²) in [5, 5.41) is 29.2. The summed E-state index contributed by atoms with van der Waals surface area (Å²) < 4.78 is 26.7. The summed E-state index contributed by atoms with van der Waals surface area (Å²) in [4.78, 5) is 32.1. The summed E-state index contributed by atoms with van der Waals surface area (Å²) in [6, 6.07) is 9.40. The van der Waals surface area contributed by atoms with Crippen molar-refractivity contribution in [2.24, 2.45) is 0 Å². The molecule has 0 saturated carbocycles. The number of anilines is 1. The highest BCUT2D eigenvalue weighted by Crippen LogP contribution is 2.29. The molecule has 2 aromatic carbocycles. The number of carboxylic acid groups (broad SMARTS) is 2. The molecule has 0 amide bonds. The van der Waals surface area contributed by atoms with Crippen molar-refractivity contribution in [1.82, 2.24) is 0 Å². The Morgan fingerprint density at radius 3 is 2.33 bits per heavy atom. The van der Waals surface area contributed by atoms with Crippen molar-refractivity contribution in [2.75, 3.05) is 10.8 Å². The minimum absolute atomic E-state index is 0.238. The molecule has 0 heterocycles. The van der Waals surface area contributed by atoms with E-state index in [-0.39, 0.29) is 11.3 Å². The van der Waals surface area contributed by atoms with Crippen molar-refractivity contribution in [2.45, 2.75) is 11.3 Å². The Morgan fingerprint density at radius 1 is 1.07 bits per heavy atom. The largest absolute Gasteiger partial charge is 0.481 e. The predicted octanol–water partition coefficient (Wildman–Crippen LogP) is 1.96. The molecular formula is C16H14N2O8S. The highest BCUT2D eigenvalue weighted by atomic mass is 32.2. The van der Waals surface area contributed by atoms with E-state index < -0.39 is 50.4 Å². The standard InChI is InChI=1S/C16H14N2O8S/c19-15(20)8-9-17(14-7-2-1-6-13(14)16(21)22)27(25,26)12-5-3-4-11(10-12)18(23)24/h1-7,10H,8-9H2,(H,19,20)(H,21,22). The molecule has 142 valence electrons. The number of benzene rings is 2. The van der Waals surface area contributed by atoms with Gasteiger partial charge in [-0.15, -0.1) is 0 Å². The van der Waals surface area contributed by atoms with E-state index in [4.69, 9.17) is 5.11 Å². The van der Waals surface area contributed by atoms with Gasteiger partial charge in [-0.2, -0.15) is 0 Å². The van der Waals surface area contributed by atoms with Crippen molar-refractivity contribution in [3.8, 4) is 0 Å². The number of carbonyl (C=O) groups is 2. The molecule has 0 bridgehead atoms. The second kappa shape index (κ2) is 7.83. The molecule has 0 aliphatic heterocycles. The number of nitro benzene ring substituents is 1. The lowest BCUT2D eigenvalue weighted by Gasteiger charge is -2.25. The molecule has 11 heteroatoms. The van der Waals surface area contributed by atoms with Crippen molar-refractivity contribution < 1.29 is 33.1 Å². The first kappa shape index (κ1) is 19.8. The van der Waals surface area contributed by atoms with Gasteiger partial charge in [-0.1, -0.05) is 18.2 Å². The zero-order valence-corrected chi connectivity index (χ0v) is 14.5. The van der Waals surface area contributed by atoms with Crippen molar-refractivity contribution in [1.29, 1.82) is 0 Å². The van der Waals surface area contributed by atoms with E-state index >= 15 is 0 Å². The van der Waals surface area contributed by atoms with Crippen LogP contribution < -0.4 is 4.31 Å². The van der Waals surface area contributed by atoms with Gasteiger partial charge in [-0.3, -0.25) is 19.2 Å². The quantitative estimate of drug-likeness (QED) is 0.508. The molecular weight excluding hydrogens is 380 g/mol. The number of nitro groups is 1. The zero-order valence-electron chi connectivity index (χ0n) is 13.7. The fraction of sp³-hybridized carbons (Fsp3) is 0.125. The van der Waals surface area contributed by atoms with Gasteiger partial charge >= 0.3 is 11.9 Å². The fourth-order valence-electron chi connectivity index (χ4n) is 2.32. The van der Waals surface area contributed by atoms with E-state index in [9.17, 15) is 33.2 Å².